The highest BCUT2D eigenvalue weighted by Gasteiger charge is 2.33. The molecule has 0 atom stereocenters. The van der Waals surface area contributed by atoms with Crippen molar-refractivity contribution in [1.82, 2.24) is 0 Å². The number of alkyl halides is 3. The number of anilines is 1. The Morgan fingerprint density at radius 1 is 1.05 bits per heavy atom. The van der Waals surface area contributed by atoms with Gasteiger partial charge >= 0.3 is 6.18 Å². The zero-order chi connectivity index (χ0) is 16.5. The maximum Gasteiger partial charge on any atom is 0.418 e. The summed E-state index contributed by atoms with van der Waals surface area (Å²) in [4.78, 5) is -0.405. The van der Waals surface area contributed by atoms with Gasteiger partial charge in [-0.1, -0.05) is 6.07 Å². The molecule has 0 fully saturated rings. The number of hydrogen-bond acceptors (Lipinski definition) is 4. The average molecular weight is 331 g/mol. The monoisotopic (exact) mass is 331 g/mol. The van der Waals surface area contributed by atoms with Crippen LogP contribution in [0.1, 0.15) is 5.56 Å². The first kappa shape index (κ1) is 16.2. The lowest BCUT2D eigenvalue weighted by Crippen LogP contribution is -2.10. The Balaban J connectivity index is 2.52. The van der Waals surface area contributed by atoms with Gasteiger partial charge in [-0.05, 0) is 36.4 Å². The fourth-order valence-corrected chi connectivity index (χ4v) is 3.20. The summed E-state index contributed by atoms with van der Waals surface area (Å²) in [5.74, 6) is 0.320. The summed E-state index contributed by atoms with van der Waals surface area (Å²) >= 11 is 0. The molecule has 0 amide bonds. The van der Waals surface area contributed by atoms with Gasteiger partial charge in [0.05, 0.1) is 22.5 Å². The van der Waals surface area contributed by atoms with Gasteiger partial charge in [-0.2, -0.15) is 13.2 Å². The highest BCUT2D eigenvalue weighted by molar-refractivity contribution is 7.91. The smallest absolute Gasteiger partial charge is 0.418 e. The SMILES string of the molecule is COc1cccc(S(=O)(=O)c2ccc(C(F)(F)F)c(N)c2)c1. The van der Waals surface area contributed by atoms with Gasteiger partial charge in [-0.25, -0.2) is 8.42 Å². The third-order valence-corrected chi connectivity index (χ3v) is 4.74. The second-order valence-corrected chi connectivity index (χ2v) is 6.38. The highest BCUT2D eigenvalue weighted by atomic mass is 32.2. The number of ether oxygens (including phenoxy) is 1. The van der Waals surface area contributed by atoms with Crippen molar-refractivity contribution in [2.75, 3.05) is 12.8 Å². The molecule has 2 N–H and O–H groups in total. The van der Waals surface area contributed by atoms with Crippen LogP contribution in [-0.4, -0.2) is 15.5 Å². The van der Waals surface area contributed by atoms with Gasteiger partial charge in [0, 0.05) is 5.69 Å². The molecule has 0 saturated heterocycles. The fourth-order valence-electron chi connectivity index (χ4n) is 1.87. The molecule has 118 valence electrons. The summed E-state index contributed by atoms with van der Waals surface area (Å²) in [6.07, 6.45) is -4.64. The molecule has 0 unspecified atom stereocenters. The van der Waals surface area contributed by atoms with E-state index in [2.05, 4.69) is 0 Å². The molecule has 8 heteroatoms. The van der Waals surface area contributed by atoms with Crippen LogP contribution in [0, 0.1) is 0 Å². The lowest BCUT2D eigenvalue weighted by molar-refractivity contribution is -0.136. The Labute approximate surface area is 125 Å². The molecular formula is C14H12F3NO3S. The van der Waals surface area contributed by atoms with Gasteiger partial charge in [0.25, 0.3) is 0 Å². The first-order valence-electron chi connectivity index (χ1n) is 6.02. The average Bonchev–Trinajstić information content (AvgIpc) is 2.45. The molecule has 0 spiro atoms. The minimum Gasteiger partial charge on any atom is -0.497 e. The van der Waals surface area contributed by atoms with E-state index < -0.39 is 27.3 Å². The summed E-state index contributed by atoms with van der Waals surface area (Å²) in [6.45, 7) is 0. The van der Waals surface area contributed by atoms with E-state index in [0.717, 1.165) is 12.1 Å². The third-order valence-electron chi connectivity index (χ3n) is 2.99. The van der Waals surface area contributed by atoms with Crippen molar-refractivity contribution in [3.05, 3.63) is 48.0 Å². The molecular weight excluding hydrogens is 319 g/mol. The van der Waals surface area contributed by atoms with Crippen LogP contribution in [-0.2, 0) is 16.0 Å². The molecule has 2 aromatic carbocycles. The van der Waals surface area contributed by atoms with Crippen molar-refractivity contribution >= 4 is 15.5 Å². The van der Waals surface area contributed by atoms with E-state index in [4.69, 9.17) is 10.5 Å². The van der Waals surface area contributed by atoms with Crippen LogP contribution in [0.5, 0.6) is 5.75 Å². The molecule has 0 aliphatic rings. The van der Waals surface area contributed by atoms with Crippen LogP contribution >= 0.6 is 0 Å². The molecule has 0 bridgehead atoms. The van der Waals surface area contributed by atoms with Crippen molar-refractivity contribution < 1.29 is 26.3 Å². The maximum atomic E-state index is 12.7. The minimum absolute atomic E-state index is 0.0917. The molecule has 0 aliphatic carbocycles. The molecule has 22 heavy (non-hydrogen) atoms. The summed E-state index contributed by atoms with van der Waals surface area (Å²) in [5, 5.41) is 0. The van der Waals surface area contributed by atoms with E-state index in [1.807, 2.05) is 0 Å². The van der Waals surface area contributed by atoms with Crippen LogP contribution in [0.4, 0.5) is 18.9 Å². The van der Waals surface area contributed by atoms with Gasteiger partial charge in [0.2, 0.25) is 9.84 Å². The Hall–Kier alpha value is -2.22. The molecule has 4 nitrogen and oxygen atoms in total. The summed E-state index contributed by atoms with van der Waals surface area (Å²) in [5.41, 5.74) is 3.61. The number of halogens is 3. The van der Waals surface area contributed by atoms with Crippen LogP contribution < -0.4 is 10.5 Å². The Kier molecular flexibility index (Phi) is 4.06. The van der Waals surface area contributed by atoms with Crippen LogP contribution in [0.25, 0.3) is 0 Å². The predicted molar refractivity (Wildman–Crippen MR) is 74.3 cm³/mol. The predicted octanol–water partition coefficient (Wildman–Crippen LogP) is 3.13. The van der Waals surface area contributed by atoms with E-state index in [1.54, 1.807) is 6.07 Å². The number of methoxy groups -OCH3 is 1. The van der Waals surface area contributed by atoms with Crippen molar-refractivity contribution in [3.63, 3.8) is 0 Å². The zero-order valence-electron chi connectivity index (χ0n) is 11.4. The standard InChI is InChI=1S/C14H12F3NO3S/c1-21-9-3-2-4-10(7-9)22(19,20)11-5-6-12(13(18)8-11)14(15,16)17/h2-8H,18H2,1H3. The van der Waals surface area contributed by atoms with Gasteiger partial charge < -0.3 is 10.5 Å². The quantitative estimate of drug-likeness (QED) is 0.877. The summed E-state index contributed by atoms with van der Waals surface area (Å²) in [7, 11) is -2.61. The minimum atomic E-state index is -4.64. The molecule has 2 rings (SSSR count). The van der Waals surface area contributed by atoms with Crippen molar-refractivity contribution in [1.29, 1.82) is 0 Å². The summed E-state index contributed by atoms with van der Waals surface area (Å²) in [6, 6.07) is 7.97. The van der Waals surface area contributed by atoms with Crippen molar-refractivity contribution in [2.24, 2.45) is 0 Å². The van der Waals surface area contributed by atoms with Crippen molar-refractivity contribution in [3.8, 4) is 5.75 Å². The van der Waals surface area contributed by atoms with Gasteiger partial charge in [-0.3, -0.25) is 0 Å². The van der Waals surface area contributed by atoms with Crippen molar-refractivity contribution in [2.45, 2.75) is 16.0 Å². The Morgan fingerprint density at radius 2 is 1.68 bits per heavy atom. The Bertz CT molecular complexity index is 801. The second-order valence-electron chi connectivity index (χ2n) is 4.43. The third kappa shape index (κ3) is 3.01. The molecule has 0 radical (unpaired) electrons. The van der Waals surface area contributed by atoms with E-state index in [0.29, 0.717) is 11.8 Å². The number of benzene rings is 2. The number of nitrogens with two attached hydrogens (primary N) is 1. The number of rotatable bonds is 3. The molecule has 0 aliphatic heterocycles. The van der Waals surface area contributed by atoms with Crippen LogP contribution in [0.15, 0.2) is 52.3 Å². The molecule has 0 aromatic heterocycles. The highest BCUT2D eigenvalue weighted by Crippen LogP contribution is 2.35. The topological polar surface area (TPSA) is 69.4 Å². The normalized spacial score (nSPS) is 12.2. The fraction of sp³-hybridized carbons (Fsp3) is 0.143. The molecule has 2 aromatic rings. The number of hydrogen-bond donors (Lipinski definition) is 1. The van der Waals surface area contributed by atoms with Gasteiger partial charge in [0.1, 0.15) is 5.75 Å². The first-order chi connectivity index (χ1) is 10.2. The van der Waals surface area contributed by atoms with E-state index in [9.17, 15) is 21.6 Å². The maximum absolute atomic E-state index is 12.7. The van der Waals surface area contributed by atoms with Crippen LogP contribution in [0.2, 0.25) is 0 Å². The largest absolute Gasteiger partial charge is 0.497 e. The number of sulfone groups is 1. The first-order valence-corrected chi connectivity index (χ1v) is 7.50. The van der Waals surface area contributed by atoms with E-state index in [1.165, 1.54) is 25.3 Å². The Morgan fingerprint density at radius 3 is 2.23 bits per heavy atom. The molecule has 0 saturated carbocycles. The van der Waals surface area contributed by atoms with Crippen LogP contribution in [0.3, 0.4) is 0 Å². The van der Waals surface area contributed by atoms with E-state index >= 15 is 0 Å². The second kappa shape index (κ2) is 5.53. The van der Waals surface area contributed by atoms with Gasteiger partial charge in [-0.15, -0.1) is 0 Å². The lowest BCUT2D eigenvalue weighted by Gasteiger charge is -2.12. The summed E-state index contributed by atoms with van der Waals surface area (Å²) < 4.78 is 67.7. The van der Waals surface area contributed by atoms with E-state index in [-0.39, 0.29) is 9.79 Å². The lowest BCUT2D eigenvalue weighted by atomic mass is 10.2. The zero-order valence-corrected chi connectivity index (χ0v) is 12.2. The van der Waals surface area contributed by atoms with Gasteiger partial charge in [0.15, 0.2) is 0 Å². The number of nitrogen functional groups attached to an aromatic ring is 1. The molecule has 0 heterocycles.